The van der Waals surface area contributed by atoms with Gasteiger partial charge in [-0.3, -0.25) is 14.4 Å². The van der Waals surface area contributed by atoms with Crippen molar-refractivity contribution >= 4 is 11.8 Å². The quantitative estimate of drug-likeness (QED) is 0.868. The first-order valence-corrected chi connectivity index (χ1v) is 9.23. The zero-order valence-electron chi connectivity index (χ0n) is 15.9. The number of nitrogens with zero attached hydrogens (tertiary/aromatic N) is 3. The van der Waals surface area contributed by atoms with Crippen LogP contribution in [-0.2, 0) is 11.3 Å². The summed E-state index contributed by atoms with van der Waals surface area (Å²) < 4.78 is 13.2. The number of aromatic amines is 1. The van der Waals surface area contributed by atoms with Gasteiger partial charge in [0.25, 0.3) is 11.5 Å². The summed E-state index contributed by atoms with van der Waals surface area (Å²) in [5, 5.41) is 0. The Morgan fingerprint density at radius 3 is 2.61 bits per heavy atom. The molecule has 2 aromatic rings. The third-order valence-electron chi connectivity index (χ3n) is 4.94. The van der Waals surface area contributed by atoms with E-state index in [2.05, 4.69) is 9.97 Å². The first-order chi connectivity index (χ1) is 13.3. The molecule has 1 N–H and O–H groups in total. The molecule has 0 spiro atoms. The van der Waals surface area contributed by atoms with Gasteiger partial charge in [0, 0.05) is 32.3 Å². The monoisotopic (exact) mass is 386 g/mol. The highest BCUT2D eigenvalue weighted by Gasteiger charge is 2.34. The molecule has 1 aromatic carbocycles. The number of H-pyrrole nitrogens is 1. The zero-order valence-corrected chi connectivity index (χ0v) is 15.9. The predicted octanol–water partition coefficient (Wildman–Crippen LogP) is 1.81. The number of aromatic nitrogens is 2. The molecular weight excluding hydrogens is 363 g/mol. The average molecular weight is 386 g/mol. The van der Waals surface area contributed by atoms with E-state index in [1.165, 1.54) is 18.3 Å². The van der Waals surface area contributed by atoms with E-state index in [1.807, 2.05) is 13.8 Å². The van der Waals surface area contributed by atoms with Crippen molar-refractivity contribution in [3.8, 4) is 0 Å². The van der Waals surface area contributed by atoms with Crippen molar-refractivity contribution < 1.29 is 14.0 Å². The van der Waals surface area contributed by atoms with Crippen molar-refractivity contribution in [3.63, 3.8) is 0 Å². The second kappa shape index (κ2) is 8.33. The van der Waals surface area contributed by atoms with Crippen molar-refractivity contribution in [1.82, 2.24) is 19.8 Å². The number of carbonyl (C=O) groups excluding carboxylic acids is 2. The molecule has 3 rings (SSSR count). The van der Waals surface area contributed by atoms with E-state index in [4.69, 9.17) is 0 Å². The number of nitrogens with one attached hydrogen (secondary N) is 1. The van der Waals surface area contributed by atoms with Gasteiger partial charge < -0.3 is 14.8 Å². The maximum absolute atomic E-state index is 13.2. The molecule has 8 heteroatoms. The molecule has 1 saturated heterocycles. The topological polar surface area (TPSA) is 86.4 Å². The second-order valence-electron chi connectivity index (χ2n) is 7.26. The highest BCUT2D eigenvalue weighted by Crippen LogP contribution is 2.22. The van der Waals surface area contributed by atoms with Crippen LogP contribution in [-0.4, -0.2) is 50.7 Å². The predicted molar refractivity (Wildman–Crippen MR) is 101 cm³/mol. The number of halogens is 1. The molecule has 1 fully saturated rings. The Morgan fingerprint density at radius 1 is 1.29 bits per heavy atom. The lowest BCUT2D eigenvalue weighted by atomic mass is 10.0. The Balaban J connectivity index is 1.82. The van der Waals surface area contributed by atoms with Crippen LogP contribution >= 0.6 is 0 Å². The molecule has 0 bridgehead atoms. The number of amides is 2. The summed E-state index contributed by atoms with van der Waals surface area (Å²) in [6, 6.07) is 5.89. The van der Waals surface area contributed by atoms with Gasteiger partial charge in [-0.25, -0.2) is 9.37 Å². The Bertz CT molecular complexity index is 890. The fraction of sp³-hybridized carbons (Fsp3) is 0.400. The fourth-order valence-electron chi connectivity index (χ4n) is 3.34. The highest BCUT2D eigenvalue weighted by molar-refractivity contribution is 5.92. The van der Waals surface area contributed by atoms with Gasteiger partial charge in [-0.2, -0.15) is 0 Å². The molecule has 1 aromatic heterocycles. The second-order valence-corrected chi connectivity index (χ2v) is 7.26. The summed E-state index contributed by atoms with van der Waals surface area (Å²) in [4.78, 5) is 46.5. The number of hydrogen-bond donors (Lipinski definition) is 1. The molecule has 0 radical (unpaired) electrons. The first-order valence-electron chi connectivity index (χ1n) is 9.23. The summed E-state index contributed by atoms with van der Waals surface area (Å²) in [6.45, 7) is 5.01. The molecule has 2 heterocycles. The third kappa shape index (κ3) is 4.44. The van der Waals surface area contributed by atoms with Gasteiger partial charge in [0.05, 0.1) is 12.2 Å². The van der Waals surface area contributed by atoms with Gasteiger partial charge in [0.2, 0.25) is 5.91 Å². The van der Waals surface area contributed by atoms with Gasteiger partial charge in [0.15, 0.2) is 0 Å². The molecule has 7 nitrogen and oxygen atoms in total. The summed E-state index contributed by atoms with van der Waals surface area (Å²) in [6.07, 6.45) is 2.55. The minimum Gasteiger partial charge on any atom is -0.335 e. The van der Waals surface area contributed by atoms with Crippen LogP contribution in [0.5, 0.6) is 0 Å². The van der Waals surface area contributed by atoms with E-state index in [0.29, 0.717) is 13.1 Å². The average Bonchev–Trinajstić information content (AvgIpc) is 2.83. The standard InChI is InChI=1S/C20H23FN4O3/c1-13(2)17-12-24(20(28)16-9-23-18(26)10-22-16)8-7-19(27)25(17)11-14-3-5-15(21)6-4-14/h3-6,9-10,13,17H,7-8,11-12H2,1-2H3,(H,23,26). The smallest absolute Gasteiger partial charge is 0.274 e. The minimum absolute atomic E-state index is 0.0484. The minimum atomic E-state index is -0.381. The van der Waals surface area contributed by atoms with Crippen LogP contribution in [0.15, 0.2) is 41.5 Å². The molecule has 2 amide bonds. The lowest BCUT2D eigenvalue weighted by Gasteiger charge is -2.34. The molecule has 0 aliphatic carbocycles. The van der Waals surface area contributed by atoms with E-state index in [0.717, 1.165) is 11.8 Å². The summed E-state index contributed by atoms with van der Waals surface area (Å²) in [7, 11) is 0. The van der Waals surface area contributed by atoms with E-state index < -0.39 is 0 Å². The summed E-state index contributed by atoms with van der Waals surface area (Å²) in [5.74, 6) is -0.580. The maximum atomic E-state index is 13.2. The normalized spacial score (nSPS) is 17.7. The number of rotatable bonds is 4. The van der Waals surface area contributed by atoms with Crippen LogP contribution in [0.2, 0.25) is 0 Å². The summed E-state index contributed by atoms with van der Waals surface area (Å²) >= 11 is 0. The number of hydrogen-bond acceptors (Lipinski definition) is 4. The molecule has 0 saturated carbocycles. The van der Waals surface area contributed by atoms with Gasteiger partial charge in [-0.05, 0) is 23.6 Å². The lowest BCUT2D eigenvalue weighted by Crippen LogP contribution is -2.47. The van der Waals surface area contributed by atoms with Crippen LogP contribution in [0.25, 0.3) is 0 Å². The summed E-state index contributed by atoms with van der Waals surface area (Å²) in [5.41, 5.74) is 0.595. The van der Waals surface area contributed by atoms with Gasteiger partial charge in [0.1, 0.15) is 11.5 Å². The van der Waals surface area contributed by atoms with Gasteiger partial charge in [-0.15, -0.1) is 0 Å². The molecule has 1 atom stereocenters. The van der Waals surface area contributed by atoms with Crippen LogP contribution in [0.4, 0.5) is 4.39 Å². The lowest BCUT2D eigenvalue weighted by molar-refractivity contribution is -0.134. The fourth-order valence-corrected chi connectivity index (χ4v) is 3.34. The number of benzene rings is 1. The van der Waals surface area contributed by atoms with Crippen molar-refractivity contribution in [2.45, 2.75) is 32.9 Å². The van der Waals surface area contributed by atoms with Crippen LogP contribution in [0, 0.1) is 11.7 Å². The van der Waals surface area contributed by atoms with Gasteiger partial charge in [-0.1, -0.05) is 26.0 Å². The Kier molecular flexibility index (Phi) is 5.87. The van der Waals surface area contributed by atoms with Crippen molar-refractivity contribution in [1.29, 1.82) is 0 Å². The SMILES string of the molecule is CC(C)C1CN(C(=O)c2c[nH]c(=O)cn2)CCC(=O)N1Cc1ccc(F)cc1. The Hall–Kier alpha value is -3.03. The largest absolute Gasteiger partial charge is 0.335 e. The molecule has 1 unspecified atom stereocenters. The Morgan fingerprint density at radius 2 is 2.00 bits per heavy atom. The first kappa shape index (κ1) is 19.7. The van der Waals surface area contributed by atoms with E-state index in [1.54, 1.807) is 21.9 Å². The van der Waals surface area contributed by atoms with E-state index in [-0.39, 0.29) is 53.8 Å². The molecular formula is C20H23FN4O3. The zero-order chi connectivity index (χ0) is 20.3. The van der Waals surface area contributed by atoms with Crippen LogP contribution in [0.3, 0.4) is 0 Å². The Labute approximate surface area is 162 Å². The highest BCUT2D eigenvalue weighted by atomic mass is 19.1. The molecule has 148 valence electrons. The molecule has 1 aliphatic rings. The van der Waals surface area contributed by atoms with Crippen molar-refractivity contribution in [2.75, 3.05) is 13.1 Å². The van der Waals surface area contributed by atoms with Crippen LogP contribution in [0.1, 0.15) is 36.3 Å². The van der Waals surface area contributed by atoms with E-state index in [9.17, 15) is 18.8 Å². The maximum Gasteiger partial charge on any atom is 0.274 e. The van der Waals surface area contributed by atoms with Gasteiger partial charge >= 0.3 is 0 Å². The molecule has 28 heavy (non-hydrogen) atoms. The van der Waals surface area contributed by atoms with Crippen molar-refractivity contribution in [2.24, 2.45) is 5.92 Å². The third-order valence-corrected chi connectivity index (χ3v) is 4.94. The van der Waals surface area contributed by atoms with E-state index >= 15 is 0 Å². The number of carbonyl (C=O) groups is 2. The van der Waals surface area contributed by atoms with Crippen LogP contribution < -0.4 is 5.56 Å². The van der Waals surface area contributed by atoms with Crippen molar-refractivity contribution in [3.05, 3.63) is 64.1 Å². The molecule has 1 aliphatic heterocycles.